The number of ether oxygens (including phenoxy) is 1. The van der Waals surface area contributed by atoms with Crippen LogP contribution in [-0.2, 0) is 4.74 Å². The van der Waals surface area contributed by atoms with E-state index < -0.39 is 5.92 Å². The fourth-order valence-electron chi connectivity index (χ4n) is 2.26. The van der Waals surface area contributed by atoms with E-state index in [1.54, 1.807) is 0 Å². The molecular weight excluding hydrogens is 188 g/mol. The van der Waals surface area contributed by atoms with E-state index in [9.17, 15) is 8.78 Å². The number of hydrogen-bond donors (Lipinski definition) is 0. The first kappa shape index (κ1) is 10.3. The first-order chi connectivity index (χ1) is 6.66. The van der Waals surface area contributed by atoms with Crippen LogP contribution in [0.25, 0.3) is 0 Å². The quantitative estimate of drug-likeness (QED) is 0.681. The van der Waals surface area contributed by atoms with E-state index in [0.717, 1.165) is 39.3 Å². The third-order valence-electron chi connectivity index (χ3n) is 3.01. The van der Waals surface area contributed by atoms with Gasteiger partial charge < -0.3 is 9.64 Å². The zero-order valence-electron chi connectivity index (χ0n) is 8.35. The fraction of sp³-hybridized carbons (Fsp3) is 1.00. The van der Waals surface area contributed by atoms with E-state index in [0.29, 0.717) is 0 Å². The van der Waals surface area contributed by atoms with Crippen LogP contribution in [0, 0.1) is 5.92 Å². The molecule has 2 nitrogen and oxygen atoms in total. The van der Waals surface area contributed by atoms with Gasteiger partial charge in [0.2, 0.25) is 5.92 Å². The molecule has 0 aromatic heterocycles. The lowest BCUT2D eigenvalue weighted by Gasteiger charge is -2.37. The summed E-state index contributed by atoms with van der Waals surface area (Å²) in [5.74, 6) is -2.16. The highest BCUT2D eigenvalue weighted by atomic mass is 19.3. The predicted molar refractivity (Wildman–Crippen MR) is 49.5 cm³/mol. The molecule has 0 N–H and O–H groups in total. The summed E-state index contributed by atoms with van der Waals surface area (Å²) in [5.41, 5.74) is 0. The summed E-state index contributed by atoms with van der Waals surface area (Å²) in [7, 11) is 0. The number of rotatable bonds is 2. The third-order valence-corrected chi connectivity index (χ3v) is 3.01. The highest BCUT2D eigenvalue weighted by Gasteiger charge is 2.45. The van der Waals surface area contributed by atoms with Gasteiger partial charge in [-0.25, -0.2) is 8.78 Å². The SMILES string of the molecule is FC1(F)CC(CN2CCCOCC2)C1. The molecule has 1 saturated carbocycles. The molecule has 0 aromatic rings. The summed E-state index contributed by atoms with van der Waals surface area (Å²) in [6.07, 6.45) is 1.21. The Kier molecular flexibility index (Phi) is 3.02. The van der Waals surface area contributed by atoms with Crippen molar-refractivity contribution in [3.63, 3.8) is 0 Å². The zero-order chi connectivity index (χ0) is 10.0. The Hall–Kier alpha value is -0.220. The van der Waals surface area contributed by atoms with Crippen LogP contribution in [0.5, 0.6) is 0 Å². The van der Waals surface area contributed by atoms with Crippen molar-refractivity contribution in [2.75, 3.05) is 32.8 Å². The second-order valence-electron chi connectivity index (χ2n) is 4.40. The van der Waals surface area contributed by atoms with Gasteiger partial charge in [-0.3, -0.25) is 0 Å². The fourth-order valence-corrected chi connectivity index (χ4v) is 2.26. The summed E-state index contributed by atoms with van der Waals surface area (Å²) < 4.78 is 30.5. The molecule has 1 aliphatic heterocycles. The summed E-state index contributed by atoms with van der Waals surface area (Å²) in [6.45, 7) is 4.31. The van der Waals surface area contributed by atoms with Crippen molar-refractivity contribution < 1.29 is 13.5 Å². The molecule has 82 valence electrons. The minimum atomic E-state index is -2.37. The van der Waals surface area contributed by atoms with Gasteiger partial charge in [0.15, 0.2) is 0 Å². The van der Waals surface area contributed by atoms with Gasteiger partial charge in [0.05, 0.1) is 6.61 Å². The molecule has 0 unspecified atom stereocenters. The number of hydrogen-bond acceptors (Lipinski definition) is 2. The van der Waals surface area contributed by atoms with Crippen molar-refractivity contribution >= 4 is 0 Å². The first-order valence-corrected chi connectivity index (χ1v) is 5.34. The first-order valence-electron chi connectivity index (χ1n) is 5.34. The highest BCUT2D eigenvalue weighted by molar-refractivity contribution is 4.87. The Bertz CT molecular complexity index is 183. The smallest absolute Gasteiger partial charge is 0.248 e. The second kappa shape index (κ2) is 4.11. The maximum atomic E-state index is 12.6. The molecule has 4 heteroatoms. The zero-order valence-corrected chi connectivity index (χ0v) is 8.35. The van der Waals surface area contributed by atoms with Crippen molar-refractivity contribution in [2.45, 2.75) is 25.2 Å². The maximum Gasteiger partial charge on any atom is 0.248 e. The lowest BCUT2D eigenvalue weighted by atomic mass is 9.81. The van der Waals surface area contributed by atoms with Crippen LogP contribution in [0.3, 0.4) is 0 Å². The molecule has 0 atom stereocenters. The lowest BCUT2D eigenvalue weighted by Crippen LogP contribution is -2.43. The maximum absolute atomic E-state index is 12.6. The van der Waals surface area contributed by atoms with Crippen LogP contribution >= 0.6 is 0 Å². The van der Waals surface area contributed by atoms with Gasteiger partial charge >= 0.3 is 0 Å². The molecule has 2 fully saturated rings. The van der Waals surface area contributed by atoms with Crippen LogP contribution in [0.2, 0.25) is 0 Å². The van der Waals surface area contributed by atoms with Gasteiger partial charge in [0, 0.05) is 39.1 Å². The van der Waals surface area contributed by atoms with Gasteiger partial charge in [-0.2, -0.15) is 0 Å². The van der Waals surface area contributed by atoms with Gasteiger partial charge in [0.1, 0.15) is 0 Å². The van der Waals surface area contributed by atoms with Crippen LogP contribution in [0.1, 0.15) is 19.3 Å². The van der Waals surface area contributed by atoms with Crippen molar-refractivity contribution in [1.29, 1.82) is 0 Å². The highest BCUT2D eigenvalue weighted by Crippen LogP contribution is 2.42. The number of halogens is 2. The molecular formula is C10H17F2NO. The van der Waals surface area contributed by atoms with Crippen LogP contribution in [0.15, 0.2) is 0 Å². The molecule has 0 radical (unpaired) electrons. The Balaban J connectivity index is 1.69. The monoisotopic (exact) mass is 205 g/mol. The summed E-state index contributed by atoms with van der Waals surface area (Å²) >= 11 is 0. The minimum Gasteiger partial charge on any atom is -0.380 e. The molecule has 2 rings (SSSR count). The van der Waals surface area contributed by atoms with E-state index in [1.165, 1.54) is 0 Å². The number of alkyl halides is 2. The lowest BCUT2D eigenvalue weighted by molar-refractivity contribution is -0.116. The normalized spacial score (nSPS) is 29.6. The Morgan fingerprint density at radius 3 is 2.71 bits per heavy atom. The standard InChI is InChI=1S/C10H17F2NO/c11-10(12)6-9(7-10)8-13-2-1-4-14-5-3-13/h9H,1-8H2. The molecule has 1 aliphatic carbocycles. The van der Waals surface area contributed by atoms with E-state index in [4.69, 9.17) is 4.74 Å². The van der Waals surface area contributed by atoms with E-state index in [1.807, 2.05) is 0 Å². The Labute approximate surface area is 83.2 Å². The van der Waals surface area contributed by atoms with Gasteiger partial charge in [-0.1, -0.05) is 0 Å². The summed E-state index contributed by atoms with van der Waals surface area (Å²) in [5, 5.41) is 0. The van der Waals surface area contributed by atoms with Crippen molar-refractivity contribution in [3.05, 3.63) is 0 Å². The van der Waals surface area contributed by atoms with Gasteiger partial charge in [0.25, 0.3) is 0 Å². The van der Waals surface area contributed by atoms with Gasteiger partial charge in [-0.15, -0.1) is 0 Å². The molecule has 1 saturated heterocycles. The topological polar surface area (TPSA) is 12.5 Å². The molecule has 0 amide bonds. The minimum absolute atomic E-state index is 0.0877. The average Bonchev–Trinajstić information content (AvgIpc) is 2.29. The van der Waals surface area contributed by atoms with Gasteiger partial charge in [-0.05, 0) is 12.3 Å². The van der Waals surface area contributed by atoms with E-state index in [-0.39, 0.29) is 18.8 Å². The van der Waals surface area contributed by atoms with Crippen LogP contribution in [-0.4, -0.2) is 43.7 Å². The van der Waals surface area contributed by atoms with Crippen molar-refractivity contribution in [1.82, 2.24) is 4.90 Å². The van der Waals surface area contributed by atoms with Crippen LogP contribution < -0.4 is 0 Å². The molecule has 0 bridgehead atoms. The summed E-state index contributed by atoms with van der Waals surface area (Å²) in [4.78, 5) is 2.26. The third kappa shape index (κ3) is 2.64. The van der Waals surface area contributed by atoms with Crippen molar-refractivity contribution in [2.24, 2.45) is 5.92 Å². The summed E-state index contributed by atoms with van der Waals surface area (Å²) in [6, 6.07) is 0. The largest absolute Gasteiger partial charge is 0.380 e. The average molecular weight is 205 g/mol. The Morgan fingerprint density at radius 1 is 1.21 bits per heavy atom. The molecule has 2 aliphatic rings. The molecule has 1 heterocycles. The molecule has 14 heavy (non-hydrogen) atoms. The second-order valence-corrected chi connectivity index (χ2v) is 4.40. The van der Waals surface area contributed by atoms with E-state index >= 15 is 0 Å². The molecule has 0 aromatic carbocycles. The predicted octanol–water partition coefficient (Wildman–Crippen LogP) is 1.75. The number of nitrogens with zero attached hydrogens (tertiary/aromatic N) is 1. The Morgan fingerprint density at radius 2 is 2.00 bits per heavy atom. The van der Waals surface area contributed by atoms with Crippen LogP contribution in [0.4, 0.5) is 8.78 Å². The van der Waals surface area contributed by atoms with Crippen molar-refractivity contribution in [3.8, 4) is 0 Å². The van der Waals surface area contributed by atoms with E-state index in [2.05, 4.69) is 4.90 Å². The molecule has 0 spiro atoms.